The van der Waals surface area contributed by atoms with Gasteiger partial charge in [0, 0.05) is 12.1 Å². The molecule has 0 aliphatic carbocycles. The zero-order valence-corrected chi connectivity index (χ0v) is 12.6. The zero-order valence-electron chi connectivity index (χ0n) is 12.6. The van der Waals surface area contributed by atoms with Crippen LogP contribution >= 0.6 is 0 Å². The molecule has 0 N–H and O–H groups in total. The molecular weight excluding hydrogens is 246 g/mol. The fourth-order valence-corrected chi connectivity index (χ4v) is 1.98. The van der Waals surface area contributed by atoms with Crippen molar-refractivity contribution in [2.45, 2.75) is 40.2 Å². The first-order chi connectivity index (χ1) is 8.71. The lowest BCUT2D eigenvalue weighted by Gasteiger charge is -2.42. The highest BCUT2D eigenvalue weighted by atomic mass is 16.5. The molecular formula is C14H25NO4. The van der Waals surface area contributed by atoms with Crippen molar-refractivity contribution in [1.82, 2.24) is 4.90 Å². The van der Waals surface area contributed by atoms with Gasteiger partial charge in [0.05, 0.1) is 26.4 Å². The van der Waals surface area contributed by atoms with Crippen molar-refractivity contribution in [3.8, 4) is 0 Å². The highest BCUT2D eigenvalue weighted by Gasteiger charge is 2.40. The van der Waals surface area contributed by atoms with E-state index in [2.05, 4.69) is 4.90 Å². The van der Waals surface area contributed by atoms with Gasteiger partial charge in [0.1, 0.15) is 5.41 Å². The van der Waals surface area contributed by atoms with Crippen LogP contribution < -0.4 is 0 Å². The molecule has 110 valence electrons. The smallest absolute Gasteiger partial charge is 0.319 e. The maximum Gasteiger partial charge on any atom is 0.319 e. The third kappa shape index (κ3) is 3.76. The third-order valence-electron chi connectivity index (χ3n) is 3.63. The van der Waals surface area contributed by atoms with Crippen LogP contribution in [0.15, 0.2) is 0 Å². The van der Waals surface area contributed by atoms with Crippen molar-refractivity contribution in [3.05, 3.63) is 0 Å². The Bertz CT molecular complexity index is 349. The molecule has 1 aliphatic heterocycles. The molecule has 0 amide bonds. The molecule has 1 rings (SSSR count). The summed E-state index contributed by atoms with van der Waals surface area (Å²) in [5.41, 5.74) is -1.27. The summed E-state index contributed by atoms with van der Waals surface area (Å²) in [4.78, 5) is 26.2. The number of rotatable bonds is 5. The van der Waals surface area contributed by atoms with Gasteiger partial charge in [0.2, 0.25) is 0 Å². The highest BCUT2D eigenvalue weighted by molar-refractivity contribution is 6.03. The summed E-state index contributed by atoms with van der Waals surface area (Å²) in [5.74, 6) is -0.563. The fourth-order valence-electron chi connectivity index (χ4n) is 1.98. The van der Waals surface area contributed by atoms with E-state index in [-0.39, 0.29) is 17.9 Å². The van der Waals surface area contributed by atoms with E-state index in [1.807, 2.05) is 13.8 Å². The van der Waals surface area contributed by atoms with Gasteiger partial charge in [0.15, 0.2) is 5.78 Å². The molecule has 0 aromatic carbocycles. The molecule has 0 bridgehead atoms. The lowest BCUT2D eigenvalue weighted by Crippen LogP contribution is -2.56. The Balaban J connectivity index is 2.70. The van der Waals surface area contributed by atoms with Crippen LogP contribution in [0.5, 0.6) is 0 Å². The molecule has 0 spiro atoms. The first-order valence-corrected chi connectivity index (χ1v) is 6.75. The quantitative estimate of drug-likeness (QED) is 0.556. The van der Waals surface area contributed by atoms with Crippen LogP contribution in [0.25, 0.3) is 0 Å². The Morgan fingerprint density at radius 3 is 2.53 bits per heavy atom. The predicted molar refractivity (Wildman–Crippen MR) is 71.9 cm³/mol. The number of carbonyl (C=O) groups is 2. The number of morpholine rings is 1. The van der Waals surface area contributed by atoms with Gasteiger partial charge in [-0.1, -0.05) is 0 Å². The number of ether oxygens (including phenoxy) is 2. The molecule has 0 saturated carbocycles. The first kappa shape index (κ1) is 16.1. The van der Waals surface area contributed by atoms with E-state index in [4.69, 9.17) is 9.47 Å². The van der Waals surface area contributed by atoms with E-state index in [9.17, 15) is 9.59 Å². The average Bonchev–Trinajstić information content (AvgIpc) is 2.31. The van der Waals surface area contributed by atoms with E-state index >= 15 is 0 Å². The number of hydrogen-bond donors (Lipinski definition) is 0. The minimum absolute atomic E-state index is 0.110. The van der Waals surface area contributed by atoms with Gasteiger partial charge in [0.25, 0.3) is 0 Å². The molecule has 19 heavy (non-hydrogen) atoms. The van der Waals surface area contributed by atoms with Crippen molar-refractivity contribution in [2.24, 2.45) is 5.41 Å². The molecule has 0 radical (unpaired) electrons. The molecule has 1 heterocycles. The second-order valence-electron chi connectivity index (χ2n) is 6.06. The first-order valence-electron chi connectivity index (χ1n) is 6.75. The van der Waals surface area contributed by atoms with Crippen molar-refractivity contribution >= 4 is 11.8 Å². The highest BCUT2D eigenvalue weighted by Crippen LogP contribution is 2.24. The Morgan fingerprint density at radius 2 is 2.00 bits per heavy atom. The monoisotopic (exact) mass is 271 g/mol. The van der Waals surface area contributed by atoms with Crippen molar-refractivity contribution in [2.75, 3.05) is 32.9 Å². The Kier molecular flexibility index (Phi) is 5.10. The molecule has 1 aliphatic rings. The molecule has 5 heteroatoms. The van der Waals surface area contributed by atoms with Crippen molar-refractivity contribution in [1.29, 1.82) is 0 Å². The minimum atomic E-state index is -1.09. The van der Waals surface area contributed by atoms with Gasteiger partial charge >= 0.3 is 5.97 Å². The Labute approximate surface area is 115 Å². The summed E-state index contributed by atoms with van der Waals surface area (Å²) in [6.45, 7) is 11.5. The number of esters is 1. The average molecular weight is 271 g/mol. The van der Waals surface area contributed by atoms with Crippen LogP contribution in [-0.4, -0.2) is 55.1 Å². The lowest BCUT2D eigenvalue weighted by molar-refractivity contribution is -0.159. The maximum atomic E-state index is 12.4. The van der Waals surface area contributed by atoms with E-state index in [0.29, 0.717) is 26.4 Å². The van der Waals surface area contributed by atoms with E-state index < -0.39 is 11.4 Å². The minimum Gasteiger partial charge on any atom is -0.465 e. The van der Waals surface area contributed by atoms with Crippen LogP contribution in [0.3, 0.4) is 0 Å². The molecule has 1 saturated heterocycles. The largest absolute Gasteiger partial charge is 0.465 e. The zero-order chi connectivity index (χ0) is 14.7. The van der Waals surface area contributed by atoms with E-state index in [1.54, 1.807) is 20.8 Å². The number of hydrogen-bond acceptors (Lipinski definition) is 5. The molecule has 0 unspecified atom stereocenters. The second kappa shape index (κ2) is 6.01. The predicted octanol–water partition coefficient (Wildman–Crippen LogP) is 1.26. The van der Waals surface area contributed by atoms with Gasteiger partial charge in [-0.3, -0.25) is 14.5 Å². The summed E-state index contributed by atoms with van der Waals surface area (Å²) < 4.78 is 10.4. The van der Waals surface area contributed by atoms with Gasteiger partial charge in [-0.05, 0) is 34.6 Å². The number of carbonyl (C=O) groups excluding carboxylic acids is 2. The van der Waals surface area contributed by atoms with E-state index in [1.165, 1.54) is 0 Å². The van der Waals surface area contributed by atoms with Gasteiger partial charge in [-0.25, -0.2) is 0 Å². The normalized spacial score (nSPS) is 20.1. The van der Waals surface area contributed by atoms with Gasteiger partial charge < -0.3 is 9.47 Å². The van der Waals surface area contributed by atoms with Crippen LogP contribution in [0.1, 0.15) is 34.6 Å². The van der Waals surface area contributed by atoms with Crippen LogP contribution in [0.2, 0.25) is 0 Å². The third-order valence-corrected chi connectivity index (χ3v) is 3.63. The maximum absolute atomic E-state index is 12.4. The van der Waals surface area contributed by atoms with Crippen molar-refractivity contribution in [3.63, 3.8) is 0 Å². The molecule has 0 atom stereocenters. The number of nitrogens with zero attached hydrogens (tertiary/aromatic N) is 1. The second-order valence-corrected chi connectivity index (χ2v) is 6.06. The Hall–Kier alpha value is -0.940. The Morgan fingerprint density at radius 1 is 1.37 bits per heavy atom. The lowest BCUT2D eigenvalue weighted by atomic mass is 9.87. The standard InChI is InChI=1S/C14H25NO4/c1-6-19-12(17)14(4,5)11(16)9-15-7-8-18-10-13(15,2)3/h6-10H2,1-5H3. The SMILES string of the molecule is CCOC(=O)C(C)(C)C(=O)CN1CCOCC1(C)C. The topological polar surface area (TPSA) is 55.8 Å². The number of ketones is 1. The fraction of sp³-hybridized carbons (Fsp3) is 0.857. The summed E-state index contributed by atoms with van der Waals surface area (Å²) in [6, 6.07) is 0. The summed E-state index contributed by atoms with van der Waals surface area (Å²) >= 11 is 0. The van der Waals surface area contributed by atoms with Crippen LogP contribution in [-0.2, 0) is 19.1 Å². The summed E-state index contributed by atoms with van der Waals surface area (Å²) in [5, 5.41) is 0. The van der Waals surface area contributed by atoms with Crippen LogP contribution in [0, 0.1) is 5.41 Å². The van der Waals surface area contributed by atoms with Gasteiger partial charge in [-0.15, -0.1) is 0 Å². The molecule has 5 nitrogen and oxygen atoms in total. The molecule has 1 fully saturated rings. The number of Topliss-reactive ketones (excluding diaryl/α,β-unsaturated/α-hetero) is 1. The molecule has 0 aromatic heterocycles. The van der Waals surface area contributed by atoms with Crippen molar-refractivity contribution < 1.29 is 19.1 Å². The molecule has 0 aromatic rings. The summed E-state index contributed by atoms with van der Waals surface area (Å²) in [6.07, 6.45) is 0. The van der Waals surface area contributed by atoms with E-state index in [0.717, 1.165) is 0 Å². The summed E-state index contributed by atoms with van der Waals surface area (Å²) in [7, 11) is 0. The van der Waals surface area contributed by atoms with Crippen LogP contribution in [0.4, 0.5) is 0 Å². The van der Waals surface area contributed by atoms with Gasteiger partial charge in [-0.2, -0.15) is 0 Å².